The smallest absolute Gasteiger partial charge is 0.241 e. The number of nitrogens with one attached hydrogen (secondary N) is 1. The van der Waals surface area contributed by atoms with E-state index in [-0.39, 0.29) is 23.9 Å². The van der Waals surface area contributed by atoms with Crippen molar-refractivity contribution in [3.8, 4) is 0 Å². The highest BCUT2D eigenvalue weighted by Gasteiger charge is 2.19. The molecule has 8 heteroatoms. The van der Waals surface area contributed by atoms with Gasteiger partial charge in [-0.05, 0) is 43.5 Å². The molecule has 1 heterocycles. The molecule has 114 valence electrons. The van der Waals surface area contributed by atoms with E-state index in [4.69, 9.17) is 4.52 Å². The maximum atomic E-state index is 12.3. The number of aryl methyl sites for hydroxylation is 3. The van der Waals surface area contributed by atoms with Crippen LogP contribution in [0.15, 0.2) is 21.6 Å². The van der Waals surface area contributed by atoms with Gasteiger partial charge < -0.3 is 9.63 Å². The fourth-order valence-electron chi connectivity index (χ4n) is 1.98. The van der Waals surface area contributed by atoms with Crippen LogP contribution in [0, 0.1) is 20.8 Å². The lowest BCUT2D eigenvalue weighted by atomic mass is 10.1. The SMILES string of the molecule is Cc1noc(CNS(=O)(=O)c2cc(CO)c(C)cc2C)n1. The number of hydrogen-bond donors (Lipinski definition) is 2. The first-order valence-corrected chi connectivity index (χ1v) is 7.81. The van der Waals surface area contributed by atoms with E-state index in [9.17, 15) is 13.5 Å². The molecule has 0 saturated heterocycles. The van der Waals surface area contributed by atoms with Crippen molar-refractivity contribution in [1.82, 2.24) is 14.9 Å². The minimum Gasteiger partial charge on any atom is -0.392 e. The zero-order valence-corrected chi connectivity index (χ0v) is 12.9. The third kappa shape index (κ3) is 3.46. The van der Waals surface area contributed by atoms with Crippen LogP contribution in [-0.4, -0.2) is 23.7 Å². The van der Waals surface area contributed by atoms with E-state index in [1.165, 1.54) is 6.07 Å². The van der Waals surface area contributed by atoms with E-state index in [1.807, 2.05) is 6.92 Å². The van der Waals surface area contributed by atoms with Gasteiger partial charge in [-0.1, -0.05) is 11.2 Å². The number of hydrogen-bond acceptors (Lipinski definition) is 6. The van der Waals surface area contributed by atoms with E-state index in [0.717, 1.165) is 5.56 Å². The highest BCUT2D eigenvalue weighted by molar-refractivity contribution is 7.89. The molecule has 0 aliphatic heterocycles. The predicted molar refractivity (Wildman–Crippen MR) is 74.9 cm³/mol. The van der Waals surface area contributed by atoms with Crippen LogP contribution in [0.1, 0.15) is 28.4 Å². The van der Waals surface area contributed by atoms with Gasteiger partial charge in [0.05, 0.1) is 18.0 Å². The lowest BCUT2D eigenvalue weighted by Gasteiger charge is -2.11. The molecule has 21 heavy (non-hydrogen) atoms. The van der Waals surface area contributed by atoms with E-state index in [0.29, 0.717) is 17.0 Å². The predicted octanol–water partition coefficient (Wildman–Crippen LogP) is 0.966. The lowest BCUT2D eigenvalue weighted by molar-refractivity contribution is 0.280. The van der Waals surface area contributed by atoms with E-state index >= 15 is 0 Å². The van der Waals surface area contributed by atoms with Crippen molar-refractivity contribution in [1.29, 1.82) is 0 Å². The minimum absolute atomic E-state index is 0.0784. The van der Waals surface area contributed by atoms with Crippen LogP contribution >= 0.6 is 0 Å². The van der Waals surface area contributed by atoms with Crippen LogP contribution in [0.3, 0.4) is 0 Å². The second-order valence-corrected chi connectivity index (χ2v) is 6.50. The van der Waals surface area contributed by atoms with Crippen LogP contribution < -0.4 is 4.72 Å². The van der Waals surface area contributed by atoms with Crippen molar-refractivity contribution in [3.05, 3.63) is 40.5 Å². The second-order valence-electron chi connectivity index (χ2n) is 4.76. The summed E-state index contributed by atoms with van der Waals surface area (Å²) < 4.78 is 31.9. The van der Waals surface area contributed by atoms with Crippen molar-refractivity contribution in [2.75, 3.05) is 0 Å². The summed E-state index contributed by atoms with van der Waals surface area (Å²) in [7, 11) is -3.72. The fraction of sp³-hybridized carbons (Fsp3) is 0.385. The molecule has 2 rings (SSSR count). The van der Waals surface area contributed by atoms with E-state index < -0.39 is 10.0 Å². The number of nitrogens with zero attached hydrogens (tertiary/aromatic N) is 2. The third-order valence-corrected chi connectivity index (χ3v) is 4.62. The van der Waals surface area contributed by atoms with Crippen molar-refractivity contribution in [2.45, 2.75) is 38.8 Å². The van der Waals surface area contributed by atoms with Crippen molar-refractivity contribution in [2.24, 2.45) is 0 Å². The van der Waals surface area contributed by atoms with E-state index in [2.05, 4.69) is 14.9 Å². The van der Waals surface area contributed by atoms with Gasteiger partial charge in [-0.2, -0.15) is 4.98 Å². The van der Waals surface area contributed by atoms with Gasteiger partial charge >= 0.3 is 0 Å². The van der Waals surface area contributed by atoms with Crippen molar-refractivity contribution >= 4 is 10.0 Å². The molecular weight excluding hydrogens is 294 g/mol. The summed E-state index contributed by atoms with van der Waals surface area (Å²) in [6.45, 7) is 4.89. The first-order valence-electron chi connectivity index (χ1n) is 6.33. The topological polar surface area (TPSA) is 105 Å². The zero-order chi connectivity index (χ0) is 15.6. The van der Waals surface area contributed by atoms with Gasteiger partial charge in [0, 0.05) is 0 Å². The number of aliphatic hydroxyl groups is 1. The van der Waals surface area contributed by atoms with Gasteiger partial charge in [0.15, 0.2) is 5.82 Å². The lowest BCUT2D eigenvalue weighted by Crippen LogP contribution is -2.24. The molecule has 1 aromatic heterocycles. The zero-order valence-electron chi connectivity index (χ0n) is 12.0. The molecule has 2 aromatic rings. The van der Waals surface area contributed by atoms with Gasteiger partial charge in [0.2, 0.25) is 15.9 Å². The maximum absolute atomic E-state index is 12.3. The number of aliphatic hydroxyl groups excluding tert-OH is 1. The monoisotopic (exact) mass is 311 g/mol. The van der Waals surface area contributed by atoms with E-state index in [1.54, 1.807) is 19.9 Å². The number of aromatic nitrogens is 2. The molecule has 0 bridgehead atoms. The Labute approximate surface area is 123 Å². The maximum Gasteiger partial charge on any atom is 0.241 e. The Morgan fingerprint density at radius 2 is 1.95 bits per heavy atom. The molecule has 1 aromatic carbocycles. The van der Waals surface area contributed by atoms with Gasteiger partial charge in [-0.15, -0.1) is 0 Å². The van der Waals surface area contributed by atoms with Crippen LogP contribution in [0.4, 0.5) is 0 Å². The minimum atomic E-state index is -3.72. The standard InChI is InChI=1S/C13H17N3O4S/c1-8-4-9(2)12(5-11(8)7-17)21(18,19)14-6-13-15-10(3)16-20-13/h4-5,14,17H,6-7H2,1-3H3. The normalized spacial score (nSPS) is 11.8. The summed E-state index contributed by atoms with van der Waals surface area (Å²) in [5.41, 5.74) is 2.04. The molecule has 0 unspecified atom stereocenters. The van der Waals surface area contributed by atoms with Crippen LogP contribution in [0.2, 0.25) is 0 Å². The molecule has 0 saturated carbocycles. The molecule has 0 aliphatic carbocycles. The Balaban J connectivity index is 2.27. The van der Waals surface area contributed by atoms with Gasteiger partial charge in [0.25, 0.3) is 0 Å². The number of sulfonamides is 1. The van der Waals surface area contributed by atoms with Crippen molar-refractivity contribution < 1.29 is 18.0 Å². The Hall–Kier alpha value is -1.77. The first kappa shape index (κ1) is 15.6. The summed E-state index contributed by atoms with van der Waals surface area (Å²) in [5.74, 6) is 0.640. The van der Waals surface area contributed by atoms with Gasteiger partial charge in [-0.3, -0.25) is 0 Å². The molecule has 2 N–H and O–H groups in total. The molecule has 0 amide bonds. The Bertz CT molecular complexity index is 753. The summed E-state index contributed by atoms with van der Waals surface area (Å²) in [4.78, 5) is 4.07. The quantitative estimate of drug-likeness (QED) is 0.852. The van der Waals surface area contributed by atoms with Crippen molar-refractivity contribution in [3.63, 3.8) is 0 Å². The molecular formula is C13H17N3O4S. The number of rotatable bonds is 5. The summed E-state index contributed by atoms with van der Waals surface area (Å²) in [5, 5.41) is 12.9. The Morgan fingerprint density at radius 1 is 1.24 bits per heavy atom. The average molecular weight is 311 g/mol. The molecule has 0 spiro atoms. The first-order chi connectivity index (χ1) is 9.83. The van der Waals surface area contributed by atoms with Gasteiger partial charge in [0.1, 0.15) is 0 Å². The summed E-state index contributed by atoms with van der Waals surface area (Å²) >= 11 is 0. The average Bonchev–Trinajstić information content (AvgIpc) is 2.82. The summed E-state index contributed by atoms with van der Waals surface area (Å²) in [6.07, 6.45) is 0. The van der Waals surface area contributed by atoms with Crippen LogP contribution in [0.5, 0.6) is 0 Å². The molecule has 0 fully saturated rings. The summed E-state index contributed by atoms with van der Waals surface area (Å²) in [6, 6.07) is 3.21. The van der Waals surface area contributed by atoms with Crippen LogP contribution in [0.25, 0.3) is 0 Å². The third-order valence-electron chi connectivity index (χ3n) is 3.08. The molecule has 0 radical (unpaired) electrons. The van der Waals surface area contributed by atoms with Crippen LogP contribution in [-0.2, 0) is 23.2 Å². The molecule has 7 nitrogen and oxygen atoms in total. The molecule has 0 atom stereocenters. The second kappa shape index (κ2) is 5.92. The molecule has 0 aliphatic rings. The fourth-order valence-corrected chi connectivity index (χ4v) is 3.23. The number of benzene rings is 1. The Morgan fingerprint density at radius 3 is 2.52 bits per heavy atom. The largest absolute Gasteiger partial charge is 0.392 e. The van der Waals surface area contributed by atoms with Gasteiger partial charge in [-0.25, -0.2) is 13.1 Å². The highest BCUT2D eigenvalue weighted by Crippen LogP contribution is 2.20. The highest BCUT2D eigenvalue weighted by atomic mass is 32.2. The Kier molecular flexibility index (Phi) is 4.40.